The molecule has 0 bridgehead atoms. The molecule has 8 heteroatoms. The van der Waals surface area contributed by atoms with Crippen LogP contribution in [0.15, 0.2) is 36.4 Å². The van der Waals surface area contributed by atoms with Gasteiger partial charge in [0.2, 0.25) is 0 Å². The van der Waals surface area contributed by atoms with E-state index < -0.39 is 9.84 Å². The summed E-state index contributed by atoms with van der Waals surface area (Å²) >= 11 is 0. The number of carbonyl (C=O) groups is 1. The fraction of sp³-hybridized carbons (Fsp3) is 0.421. The summed E-state index contributed by atoms with van der Waals surface area (Å²) in [6.45, 7) is 4.36. The van der Waals surface area contributed by atoms with Crippen molar-refractivity contribution in [2.24, 2.45) is 0 Å². The second kappa shape index (κ2) is 8.04. The van der Waals surface area contributed by atoms with Gasteiger partial charge in [0.05, 0.1) is 11.5 Å². The number of para-hydroxylation sites is 1. The Morgan fingerprint density at radius 3 is 2.56 bits per heavy atom. The first-order chi connectivity index (χ1) is 12.9. The summed E-state index contributed by atoms with van der Waals surface area (Å²) in [6.07, 6.45) is 1.37. The number of nitrogens with zero attached hydrogens (tertiary/aromatic N) is 3. The van der Waals surface area contributed by atoms with Gasteiger partial charge in [-0.25, -0.2) is 8.42 Å². The molecule has 1 fully saturated rings. The van der Waals surface area contributed by atoms with Crippen molar-refractivity contribution in [2.75, 3.05) is 23.4 Å². The highest BCUT2D eigenvalue weighted by Gasteiger charge is 2.34. The van der Waals surface area contributed by atoms with Gasteiger partial charge in [-0.05, 0) is 43.5 Å². The molecule has 2 aromatic rings. The maximum atomic E-state index is 12.8. The van der Waals surface area contributed by atoms with Gasteiger partial charge in [-0.2, -0.15) is 0 Å². The lowest BCUT2D eigenvalue weighted by molar-refractivity contribution is 0.0701. The zero-order valence-corrected chi connectivity index (χ0v) is 16.4. The third kappa shape index (κ3) is 4.44. The number of anilines is 2. The number of aromatic nitrogens is 2. The van der Waals surface area contributed by atoms with E-state index in [1.165, 1.54) is 5.56 Å². The Bertz CT molecular complexity index is 913. The van der Waals surface area contributed by atoms with Crippen molar-refractivity contribution in [2.45, 2.75) is 32.7 Å². The van der Waals surface area contributed by atoms with Crippen LogP contribution in [-0.4, -0.2) is 53.5 Å². The molecular formula is C19H24N4O3S. The van der Waals surface area contributed by atoms with Crippen LogP contribution in [0.1, 0.15) is 36.3 Å². The summed E-state index contributed by atoms with van der Waals surface area (Å²) in [6, 6.07) is 11.0. The first-order valence-corrected chi connectivity index (χ1v) is 11.0. The van der Waals surface area contributed by atoms with E-state index in [2.05, 4.69) is 22.4 Å². The third-order valence-corrected chi connectivity index (χ3v) is 6.55. The Hall–Kier alpha value is -2.48. The Morgan fingerprint density at radius 2 is 1.96 bits per heavy atom. The van der Waals surface area contributed by atoms with Crippen LogP contribution < -0.4 is 5.32 Å². The van der Waals surface area contributed by atoms with E-state index in [9.17, 15) is 13.2 Å². The van der Waals surface area contributed by atoms with Crippen LogP contribution in [0.4, 0.5) is 11.5 Å². The molecule has 1 aromatic carbocycles. The predicted molar refractivity (Wildman–Crippen MR) is 105 cm³/mol. The quantitative estimate of drug-likeness (QED) is 0.817. The molecule has 1 unspecified atom stereocenters. The van der Waals surface area contributed by atoms with Crippen LogP contribution in [0.2, 0.25) is 0 Å². The van der Waals surface area contributed by atoms with Gasteiger partial charge in [-0.1, -0.05) is 25.1 Å². The standard InChI is InChI=1S/C19H24N4O3S/c1-3-14-7-5-6-8-16(14)20-18-10-9-17(21-22-18)19(24)23(4-2)15-11-12-27(25,26)13-15/h5-10,15H,3-4,11-13H2,1-2H3,(H,20,22). The van der Waals surface area contributed by atoms with E-state index in [4.69, 9.17) is 0 Å². The van der Waals surface area contributed by atoms with Crippen molar-refractivity contribution in [1.29, 1.82) is 0 Å². The Morgan fingerprint density at radius 1 is 1.19 bits per heavy atom. The zero-order valence-electron chi connectivity index (χ0n) is 15.6. The number of carbonyl (C=O) groups excluding carboxylic acids is 1. The van der Waals surface area contributed by atoms with E-state index >= 15 is 0 Å². The van der Waals surface area contributed by atoms with Gasteiger partial charge in [0.15, 0.2) is 21.3 Å². The van der Waals surface area contributed by atoms with Crippen molar-refractivity contribution in [1.82, 2.24) is 15.1 Å². The number of benzene rings is 1. The number of hydrogen-bond donors (Lipinski definition) is 1. The Kier molecular flexibility index (Phi) is 5.74. The van der Waals surface area contributed by atoms with Gasteiger partial charge < -0.3 is 10.2 Å². The minimum Gasteiger partial charge on any atom is -0.339 e. The van der Waals surface area contributed by atoms with Crippen LogP contribution in [-0.2, 0) is 16.3 Å². The number of amides is 1. The fourth-order valence-electron chi connectivity index (χ4n) is 3.34. The molecule has 7 nitrogen and oxygen atoms in total. The topological polar surface area (TPSA) is 92.3 Å². The first-order valence-electron chi connectivity index (χ1n) is 9.13. The lowest BCUT2D eigenvalue weighted by Gasteiger charge is -2.26. The maximum Gasteiger partial charge on any atom is 0.274 e. The number of nitrogens with one attached hydrogen (secondary N) is 1. The van der Waals surface area contributed by atoms with E-state index in [1.54, 1.807) is 17.0 Å². The van der Waals surface area contributed by atoms with Crippen molar-refractivity contribution in [3.05, 3.63) is 47.7 Å². The molecule has 1 amide bonds. The lowest BCUT2D eigenvalue weighted by Crippen LogP contribution is -2.41. The summed E-state index contributed by atoms with van der Waals surface area (Å²) < 4.78 is 23.4. The molecule has 0 aliphatic carbocycles. The smallest absolute Gasteiger partial charge is 0.274 e. The van der Waals surface area contributed by atoms with Crippen LogP contribution in [0, 0.1) is 0 Å². The monoisotopic (exact) mass is 388 g/mol. The summed E-state index contributed by atoms with van der Waals surface area (Å²) in [5, 5.41) is 11.4. The number of hydrogen-bond acceptors (Lipinski definition) is 6. The maximum absolute atomic E-state index is 12.8. The molecular weight excluding hydrogens is 364 g/mol. The molecule has 1 N–H and O–H groups in total. The second-order valence-corrected chi connectivity index (χ2v) is 8.82. The van der Waals surface area contributed by atoms with E-state index in [-0.39, 0.29) is 29.1 Å². The largest absolute Gasteiger partial charge is 0.339 e. The minimum atomic E-state index is -3.05. The van der Waals surface area contributed by atoms with Crippen LogP contribution in [0.5, 0.6) is 0 Å². The lowest BCUT2D eigenvalue weighted by atomic mass is 10.1. The van der Waals surface area contributed by atoms with Gasteiger partial charge in [-0.3, -0.25) is 4.79 Å². The molecule has 1 aliphatic rings. The average Bonchev–Trinajstić information content (AvgIpc) is 3.03. The molecule has 27 heavy (non-hydrogen) atoms. The van der Waals surface area contributed by atoms with Gasteiger partial charge in [0.1, 0.15) is 0 Å². The van der Waals surface area contributed by atoms with Crippen LogP contribution in [0.3, 0.4) is 0 Å². The van der Waals surface area contributed by atoms with Gasteiger partial charge in [-0.15, -0.1) is 10.2 Å². The van der Waals surface area contributed by atoms with Gasteiger partial charge in [0.25, 0.3) is 5.91 Å². The average molecular weight is 388 g/mol. The first kappa shape index (κ1) is 19.3. The molecule has 144 valence electrons. The predicted octanol–water partition coefficient (Wildman–Crippen LogP) is 2.43. The number of sulfone groups is 1. The SMILES string of the molecule is CCc1ccccc1Nc1ccc(C(=O)N(CC)C2CCS(=O)(=O)C2)nn1. The summed E-state index contributed by atoms with van der Waals surface area (Å²) in [7, 11) is -3.05. The highest BCUT2D eigenvalue weighted by Crippen LogP contribution is 2.21. The number of rotatable bonds is 6. The summed E-state index contributed by atoms with van der Waals surface area (Å²) in [5.74, 6) is 0.423. The summed E-state index contributed by atoms with van der Waals surface area (Å²) in [4.78, 5) is 14.3. The third-order valence-electron chi connectivity index (χ3n) is 4.80. The fourth-order valence-corrected chi connectivity index (χ4v) is 5.07. The molecule has 1 saturated heterocycles. The highest BCUT2D eigenvalue weighted by molar-refractivity contribution is 7.91. The van der Waals surface area contributed by atoms with E-state index in [0.717, 1.165) is 12.1 Å². The Labute approximate surface area is 159 Å². The molecule has 1 aromatic heterocycles. The number of aryl methyl sites for hydroxylation is 1. The van der Waals surface area contributed by atoms with Crippen LogP contribution >= 0.6 is 0 Å². The second-order valence-electron chi connectivity index (χ2n) is 6.59. The van der Waals surface area contributed by atoms with Gasteiger partial charge >= 0.3 is 0 Å². The van der Waals surface area contributed by atoms with E-state index in [0.29, 0.717) is 18.8 Å². The normalized spacial score (nSPS) is 18.2. The van der Waals surface area contributed by atoms with Crippen molar-refractivity contribution >= 4 is 27.2 Å². The molecule has 0 spiro atoms. The van der Waals surface area contributed by atoms with Gasteiger partial charge in [0, 0.05) is 18.3 Å². The minimum absolute atomic E-state index is 0.0213. The van der Waals surface area contributed by atoms with Crippen molar-refractivity contribution in [3.8, 4) is 0 Å². The van der Waals surface area contributed by atoms with E-state index in [1.807, 2.05) is 31.2 Å². The molecule has 3 rings (SSSR count). The molecule has 1 aliphatic heterocycles. The molecule has 0 saturated carbocycles. The van der Waals surface area contributed by atoms with Crippen molar-refractivity contribution < 1.29 is 13.2 Å². The zero-order chi connectivity index (χ0) is 19.4. The molecule has 1 atom stereocenters. The Balaban J connectivity index is 1.73. The molecule has 0 radical (unpaired) electrons. The summed E-state index contributed by atoms with van der Waals surface area (Å²) in [5.41, 5.74) is 2.34. The van der Waals surface area contributed by atoms with Crippen molar-refractivity contribution in [3.63, 3.8) is 0 Å². The molecule has 2 heterocycles. The highest BCUT2D eigenvalue weighted by atomic mass is 32.2. The van der Waals surface area contributed by atoms with Crippen LogP contribution in [0.25, 0.3) is 0 Å².